The van der Waals surface area contributed by atoms with E-state index in [1.165, 1.54) is 6.42 Å². The van der Waals surface area contributed by atoms with Crippen LogP contribution in [0.3, 0.4) is 0 Å². The fourth-order valence-corrected chi connectivity index (χ4v) is 2.45. The van der Waals surface area contributed by atoms with Gasteiger partial charge in [-0.3, -0.25) is 4.79 Å². The van der Waals surface area contributed by atoms with Crippen LogP contribution in [0.4, 0.5) is 5.69 Å². The number of aryl methyl sites for hydroxylation is 1. The molecule has 0 heterocycles. The Morgan fingerprint density at radius 1 is 1.50 bits per heavy atom. The highest BCUT2D eigenvalue weighted by Crippen LogP contribution is 2.43. The van der Waals surface area contributed by atoms with E-state index in [-0.39, 0.29) is 17.1 Å². The zero-order valence-corrected chi connectivity index (χ0v) is 10.7. The highest BCUT2D eigenvalue weighted by molar-refractivity contribution is 5.92. The topological polar surface area (TPSA) is 75.3 Å². The predicted octanol–water partition coefficient (Wildman–Crippen LogP) is 2.16. The normalized spacial score (nSPS) is 17.0. The smallest absolute Gasteiger partial charge is 0.224 e. The molecular formula is C14H20N2O2. The largest absolute Gasteiger partial charge is 0.508 e. The summed E-state index contributed by atoms with van der Waals surface area (Å²) in [6.45, 7) is 2.44. The molecule has 0 atom stereocenters. The molecule has 0 spiro atoms. The van der Waals surface area contributed by atoms with Crippen molar-refractivity contribution in [1.29, 1.82) is 0 Å². The minimum Gasteiger partial charge on any atom is -0.508 e. The number of benzene rings is 1. The molecule has 0 radical (unpaired) electrons. The molecule has 0 aliphatic heterocycles. The van der Waals surface area contributed by atoms with Gasteiger partial charge in [-0.05, 0) is 55.5 Å². The van der Waals surface area contributed by atoms with Crippen LogP contribution in [0.25, 0.3) is 0 Å². The number of anilines is 1. The summed E-state index contributed by atoms with van der Waals surface area (Å²) in [4.78, 5) is 12.0. The fourth-order valence-electron chi connectivity index (χ4n) is 2.45. The molecule has 4 heteroatoms. The summed E-state index contributed by atoms with van der Waals surface area (Å²) >= 11 is 0. The summed E-state index contributed by atoms with van der Waals surface area (Å²) in [6.07, 6.45) is 3.75. The van der Waals surface area contributed by atoms with Gasteiger partial charge in [-0.25, -0.2) is 0 Å². The van der Waals surface area contributed by atoms with Gasteiger partial charge in [0.05, 0.1) is 0 Å². The molecule has 0 saturated heterocycles. The first kappa shape index (κ1) is 12.9. The van der Waals surface area contributed by atoms with Crippen LogP contribution in [-0.4, -0.2) is 17.6 Å². The van der Waals surface area contributed by atoms with Crippen molar-refractivity contribution in [3.05, 3.63) is 23.8 Å². The first-order valence-electron chi connectivity index (χ1n) is 6.34. The molecule has 1 saturated carbocycles. The van der Waals surface area contributed by atoms with Gasteiger partial charge < -0.3 is 16.2 Å². The molecule has 1 aromatic carbocycles. The number of hydrogen-bond donors (Lipinski definition) is 3. The molecule has 98 valence electrons. The Bertz CT molecular complexity index is 448. The number of aromatic hydroxyl groups is 1. The molecule has 1 fully saturated rings. The van der Waals surface area contributed by atoms with Gasteiger partial charge in [0.25, 0.3) is 0 Å². The van der Waals surface area contributed by atoms with E-state index in [0.29, 0.717) is 13.0 Å². The lowest BCUT2D eigenvalue weighted by molar-refractivity contribution is -0.119. The van der Waals surface area contributed by atoms with Crippen LogP contribution in [-0.2, 0) is 4.79 Å². The number of phenolic OH excluding ortho intramolecular Hbond substituents is 1. The second kappa shape index (κ2) is 4.98. The summed E-state index contributed by atoms with van der Waals surface area (Å²) in [6, 6.07) is 4.93. The Morgan fingerprint density at radius 3 is 2.72 bits per heavy atom. The van der Waals surface area contributed by atoms with E-state index in [4.69, 9.17) is 5.73 Å². The van der Waals surface area contributed by atoms with E-state index in [0.717, 1.165) is 24.1 Å². The predicted molar refractivity (Wildman–Crippen MR) is 71.4 cm³/mol. The van der Waals surface area contributed by atoms with Gasteiger partial charge >= 0.3 is 0 Å². The van der Waals surface area contributed by atoms with E-state index in [2.05, 4.69) is 5.32 Å². The van der Waals surface area contributed by atoms with Crippen molar-refractivity contribution < 1.29 is 9.90 Å². The molecule has 18 heavy (non-hydrogen) atoms. The van der Waals surface area contributed by atoms with Crippen molar-refractivity contribution in [1.82, 2.24) is 0 Å². The van der Waals surface area contributed by atoms with Gasteiger partial charge in [0.2, 0.25) is 5.91 Å². The van der Waals surface area contributed by atoms with Gasteiger partial charge in [0, 0.05) is 12.1 Å². The molecule has 1 aliphatic rings. The third kappa shape index (κ3) is 2.64. The Morgan fingerprint density at radius 2 is 2.22 bits per heavy atom. The van der Waals surface area contributed by atoms with Crippen LogP contribution in [0.1, 0.15) is 31.2 Å². The zero-order chi connectivity index (χ0) is 13.2. The molecule has 1 aliphatic carbocycles. The SMILES string of the molecule is Cc1cc(O)ccc1NC(=O)CC1(CN)CCC1. The van der Waals surface area contributed by atoms with Crippen LogP contribution < -0.4 is 11.1 Å². The second-order valence-electron chi connectivity index (χ2n) is 5.28. The molecule has 0 aromatic heterocycles. The lowest BCUT2D eigenvalue weighted by Crippen LogP contribution is -2.40. The van der Waals surface area contributed by atoms with Crippen LogP contribution in [0, 0.1) is 12.3 Å². The van der Waals surface area contributed by atoms with Crippen molar-refractivity contribution in [2.45, 2.75) is 32.6 Å². The molecular weight excluding hydrogens is 228 g/mol. The second-order valence-corrected chi connectivity index (χ2v) is 5.28. The number of amides is 1. The Hall–Kier alpha value is -1.55. The summed E-state index contributed by atoms with van der Waals surface area (Å²) in [5, 5.41) is 12.2. The molecule has 1 amide bonds. The van der Waals surface area contributed by atoms with E-state index in [1.807, 2.05) is 6.92 Å². The monoisotopic (exact) mass is 248 g/mol. The number of nitrogens with one attached hydrogen (secondary N) is 1. The maximum atomic E-state index is 12.0. The Balaban J connectivity index is 1.98. The molecule has 0 unspecified atom stereocenters. The van der Waals surface area contributed by atoms with Crippen LogP contribution in [0.5, 0.6) is 5.75 Å². The van der Waals surface area contributed by atoms with Crippen molar-refractivity contribution in [3.63, 3.8) is 0 Å². The minimum absolute atomic E-state index is 0.00828. The molecule has 1 aromatic rings. The summed E-state index contributed by atoms with van der Waals surface area (Å²) in [5.74, 6) is 0.219. The number of rotatable bonds is 4. The standard InChI is InChI=1S/C14H20N2O2/c1-10-7-11(17)3-4-12(10)16-13(18)8-14(9-15)5-2-6-14/h3-4,7,17H,2,5-6,8-9,15H2,1H3,(H,16,18). The maximum Gasteiger partial charge on any atom is 0.224 e. The minimum atomic E-state index is 0.00828. The third-order valence-corrected chi connectivity index (χ3v) is 3.87. The van der Waals surface area contributed by atoms with Gasteiger partial charge in [0.1, 0.15) is 5.75 Å². The highest BCUT2D eigenvalue weighted by Gasteiger charge is 2.37. The van der Waals surface area contributed by atoms with E-state index >= 15 is 0 Å². The molecule has 2 rings (SSSR count). The molecule has 0 bridgehead atoms. The Kier molecular flexibility index (Phi) is 3.57. The van der Waals surface area contributed by atoms with Gasteiger partial charge in [-0.1, -0.05) is 6.42 Å². The van der Waals surface area contributed by atoms with Crippen LogP contribution in [0.15, 0.2) is 18.2 Å². The average Bonchev–Trinajstić information content (AvgIpc) is 2.27. The van der Waals surface area contributed by atoms with E-state index in [9.17, 15) is 9.90 Å². The van der Waals surface area contributed by atoms with Gasteiger partial charge in [-0.2, -0.15) is 0 Å². The molecule has 4 N–H and O–H groups in total. The van der Waals surface area contributed by atoms with Gasteiger partial charge in [-0.15, -0.1) is 0 Å². The van der Waals surface area contributed by atoms with E-state index < -0.39 is 0 Å². The van der Waals surface area contributed by atoms with Gasteiger partial charge in [0.15, 0.2) is 0 Å². The third-order valence-electron chi connectivity index (χ3n) is 3.87. The first-order chi connectivity index (χ1) is 8.54. The highest BCUT2D eigenvalue weighted by atomic mass is 16.3. The summed E-state index contributed by atoms with van der Waals surface area (Å²) in [7, 11) is 0. The van der Waals surface area contributed by atoms with Crippen LogP contribution >= 0.6 is 0 Å². The quantitative estimate of drug-likeness (QED) is 0.715. The maximum absolute atomic E-state index is 12.0. The van der Waals surface area contributed by atoms with Crippen molar-refractivity contribution in [2.24, 2.45) is 11.1 Å². The van der Waals surface area contributed by atoms with E-state index in [1.54, 1.807) is 18.2 Å². The fraction of sp³-hybridized carbons (Fsp3) is 0.500. The van der Waals surface area contributed by atoms with Crippen molar-refractivity contribution in [3.8, 4) is 5.75 Å². The number of carbonyl (C=O) groups is 1. The lowest BCUT2D eigenvalue weighted by atomic mass is 9.66. The number of phenols is 1. The average molecular weight is 248 g/mol. The summed E-state index contributed by atoms with van der Waals surface area (Å²) < 4.78 is 0. The number of nitrogens with two attached hydrogens (primary N) is 1. The lowest BCUT2D eigenvalue weighted by Gasteiger charge is -2.40. The first-order valence-corrected chi connectivity index (χ1v) is 6.34. The van der Waals surface area contributed by atoms with Crippen molar-refractivity contribution >= 4 is 11.6 Å². The zero-order valence-electron chi connectivity index (χ0n) is 10.7. The number of hydrogen-bond acceptors (Lipinski definition) is 3. The Labute approximate surface area is 107 Å². The number of carbonyl (C=O) groups excluding carboxylic acids is 1. The molecule has 4 nitrogen and oxygen atoms in total. The van der Waals surface area contributed by atoms with Crippen LogP contribution in [0.2, 0.25) is 0 Å². The van der Waals surface area contributed by atoms with Crippen molar-refractivity contribution in [2.75, 3.05) is 11.9 Å². The summed E-state index contributed by atoms with van der Waals surface area (Å²) in [5.41, 5.74) is 7.38.